The van der Waals surface area contributed by atoms with Gasteiger partial charge in [0.2, 0.25) is 0 Å². The molecule has 2 aliphatic carbocycles. The number of rotatable bonds is 2. The topological polar surface area (TPSA) is 80.9 Å². The minimum atomic E-state index is -1.34. The minimum absolute atomic E-state index is 0.501. The highest BCUT2D eigenvalue weighted by Gasteiger charge is 2.52. The van der Waals surface area contributed by atoms with Crippen LogP contribution in [0.3, 0.4) is 0 Å². The first-order valence-electron chi connectivity index (χ1n) is 5.00. The van der Waals surface area contributed by atoms with Gasteiger partial charge in [-0.05, 0) is 25.7 Å². The van der Waals surface area contributed by atoms with Gasteiger partial charge in [-0.15, -0.1) is 0 Å². The van der Waals surface area contributed by atoms with Crippen molar-refractivity contribution in [1.29, 1.82) is 0 Å². The highest BCUT2D eigenvalue weighted by molar-refractivity contribution is 5.26. The van der Waals surface area contributed by atoms with Gasteiger partial charge < -0.3 is 20.4 Å². The van der Waals surface area contributed by atoms with E-state index in [9.17, 15) is 20.4 Å². The molecule has 1 fully saturated rings. The molecule has 2 unspecified atom stereocenters. The Bertz CT molecular complexity index is 255. The minimum Gasteiger partial charge on any atom is -0.390 e. The Kier molecular flexibility index (Phi) is 2.39. The lowest BCUT2D eigenvalue weighted by molar-refractivity contribution is -0.0859. The van der Waals surface area contributed by atoms with E-state index in [1.807, 2.05) is 0 Å². The van der Waals surface area contributed by atoms with Gasteiger partial charge in [-0.25, -0.2) is 0 Å². The Morgan fingerprint density at radius 2 is 1.93 bits per heavy atom. The average Bonchev–Trinajstić information content (AvgIpc) is 2.90. The standard InChI is InChI=1S/C10H16O4/c11-7-2-1-6(5-8(7)12)10(3-4-10)9(13)14/h5,7-9,11-14H,1-4H2. The van der Waals surface area contributed by atoms with E-state index in [1.54, 1.807) is 6.08 Å². The van der Waals surface area contributed by atoms with Crippen molar-refractivity contribution in [3.63, 3.8) is 0 Å². The summed E-state index contributed by atoms with van der Waals surface area (Å²) in [7, 11) is 0. The zero-order chi connectivity index (χ0) is 10.3. The average molecular weight is 200 g/mol. The van der Waals surface area contributed by atoms with Crippen molar-refractivity contribution in [1.82, 2.24) is 0 Å². The third-order valence-corrected chi connectivity index (χ3v) is 3.40. The second-order valence-corrected chi connectivity index (χ2v) is 4.32. The summed E-state index contributed by atoms with van der Waals surface area (Å²) >= 11 is 0. The van der Waals surface area contributed by atoms with Crippen LogP contribution in [-0.2, 0) is 0 Å². The van der Waals surface area contributed by atoms with Crippen LogP contribution in [0.4, 0.5) is 0 Å². The monoisotopic (exact) mass is 200 g/mol. The van der Waals surface area contributed by atoms with E-state index in [-0.39, 0.29) is 0 Å². The van der Waals surface area contributed by atoms with Gasteiger partial charge in [-0.3, -0.25) is 0 Å². The molecular formula is C10H16O4. The fourth-order valence-electron chi connectivity index (χ4n) is 2.17. The van der Waals surface area contributed by atoms with E-state index in [2.05, 4.69) is 0 Å². The molecule has 0 aliphatic heterocycles. The fourth-order valence-corrected chi connectivity index (χ4v) is 2.17. The largest absolute Gasteiger partial charge is 0.390 e. The van der Waals surface area contributed by atoms with Crippen molar-refractivity contribution in [2.24, 2.45) is 5.41 Å². The lowest BCUT2D eigenvalue weighted by Crippen LogP contribution is -2.32. The van der Waals surface area contributed by atoms with E-state index in [0.29, 0.717) is 12.8 Å². The molecule has 0 amide bonds. The van der Waals surface area contributed by atoms with Crippen LogP contribution in [0, 0.1) is 5.41 Å². The van der Waals surface area contributed by atoms with Crippen LogP contribution in [0.25, 0.3) is 0 Å². The molecule has 2 rings (SSSR count). The number of aliphatic hydroxyl groups excluding tert-OH is 3. The Morgan fingerprint density at radius 3 is 2.36 bits per heavy atom. The van der Waals surface area contributed by atoms with E-state index >= 15 is 0 Å². The lowest BCUT2D eigenvalue weighted by Gasteiger charge is -2.28. The highest BCUT2D eigenvalue weighted by atomic mass is 16.5. The summed E-state index contributed by atoms with van der Waals surface area (Å²) in [4.78, 5) is 0. The fraction of sp³-hybridized carbons (Fsp3) is 0.800. The Labute approximate surface area is 82.5 Å². The highest BCUT2D eigenvalue weighted by Crippen LogP contribution is 2.56. The Morgan fingerprint density at radius 1 is 1.29 bits per heavy atom. The summed E-state index contributed by atoms with van der Waals surface area (Å²) in [6, 6.07) is 0. The lowest BCUT2D eigenvalue weighted by atomic mass is 9.84. The van der Waals surface area contributed by atoms with Crippen LogP contribution in [-0.4, -0.2) is 38.9 Å². The van der Waals surface area contributed by atoms with Crippen LogP contribution in [0.2, 0.25) is 0 Å². The van der Waals surface area contributed by atoms with Gasteiger partial charge in [0.25, 0.3) is 0 Å². The van der Waals surface area contributed by atoms with Crippen LogP contribution >= 0.6 is 0 Å². The third-order valence-electron chi connectivity index (χ3n) is 3.40. The van der Waals surface area contributed by atoms with Crippen molar-refractivity contribution in [3.05, 3.63) is 11.6 Å². The Balaban J connectivity index is 2.16. The van der Waals surface area contributed by atoms with Gasteiger partial charge in [-0.1, -0.05) is 11.6 Å². The van der Waals surface area contributed by atoms with E-state index in [1.165, 1.54) is 0 Å². The molecule has 4 N–H and O–H groups in total. The molecule has 0 aromatic carbocycles. The molecule has 2 atom stereocenters. The molecule has 0 saturated heterocycles. The number of hydrogen-bond acceptors (Lipinski definition) is 4. The van der Waals surface area contributed by atoms with Gasteiger partial charge in [0, 0.05) is 5.41 Å². The molecule has 14 heavy (non-hydrogen) atoms. The maximum Gasteiger partial charge on any atom is 0.160 e. The number of hydrogen-bond donors (Lipinski definition) is 4. The molecule has 4 nitrogen and oxygen atoms in total. The quantitative estimate of drug-likeness (QED) is 0.358. The zero-order valence-corrected chi connectivity index (χ0v) is 7.93. The summed E-state index contributed by atoms with van der Waals surface area (Å²) in [5.41, 5.74) is 0.381. The Hall–Kier alpha value is -0.420. The summed E-state index contributed by atoms with van der Waals surface area (Å²) in [5, 5.41) is 37.2. The summed E-state index contributed by atoms with van der Waals surface area (Å²) in [6.45, 7) is 0. The van der Waals surface area contributed by atoms with Crippen LogP contribution in [0.1, 0.15) is 25.7 Å². The van der Waals surface area contributed by atoms with E-state index < -0.39 is 23.9 Å². The predicted molar refractivity (Wildman–Crippen MR) is 49.2 cm³/mol. The predicted octanol–water partition coefficient (Wildman–Crippen LogP) is -0.481. The van der Waals surface area contributed by atoms with Gasteiger partial charge in [0.15, 0.2) is 6.29 Å². The number of aliphatic hydroxyl groups is 4. The maximum absolute atomic E-state index is 9.43. The second-order valence-electron chi connectivity index (χ2n) is 4.32. The molecule has 0 bridgehead atoms. The molecule has 0 aromatic heterocycles. The van der Waals surface area contributed by atoms with Gasteiger partial charge in [-0.2, -0.15) is 0 Å². The molecule has 4 heteroatoms. The molecule has 0 radical (unpaired) electrons. The van der Waals surface area contributed by atoms with E-state index in [0.717, 1.165) is 18.4 Å². The molecule has 1 saturated carbocycles. The molecule has 0 heterocycles. The SMILES string of the molecule is OC1C=C(C2(C(O)O)CC2)CCC1O. The summed E-state index contributed by atoms with van der Waals surface area (Å²) in [6.07, 6.45) is 1.37. The van der Waals surface area contributed by atoms with E-state index in [4.69, 9.17) is 0 Å². The zero-order valence-electron chi connectivity index (χ0n) is 7.93. The smallest absolute Gasteiger partial charge is 0.160 e. The van der Waals surface area contributed by atoms with Crippen LogP contribution in [0.15, 0.2) is 11.6 Å². The van der Waals surface area contributed by atoms with Crippen LogP contribution in [0.5, 0.6) is 0 Å². The second kappa shape index (κ2) is 3.31. The van der Waals surface area contributed by atoms with Gasteiger partial charge in [0.1, 0.15) is 0 Å². The summed E-state index contributed by atoms with van der Waals surface area (Å²) in [5.74, 6) is 0. The van der Waals surface area contributed by atoms with Gasteiger partial charge >= 0.3 is 0 Å². The molecule has 2 aliphatic rings. The normalized spacial score (nSPS) is 35.6. The molecule has 0 aromatic rings. The van der Waals surface area contributed by atoms with Crippen molar-refractivity contribution in [3.8, 4) is 0 Å². The van der Waals surface area contributed by atoms with Crippen molar-refractivity contribution >= 4 is 0 Å². The van der Waals surface area contributed by atoms with Crippen molar-refractivity contribution in [2.75, 3.05) is 0 Å². The molecular weight excluding hydrogens is 184 g/mol. The molecule has 0 spiro atoms. The summed E-state index contributed by atoms with van der Waals surface area (Å²) < 4.78 is 0. The first kappa shape index (κ1) is 10.1. The third kappa shape index (κ3) is 1.48. The van der Waals surface area contributed by atoms with Crippen molar-refractivity contribution < 1.29 is 20.4 Å². The molecule has 80 valence electrons. The first-order chi connectivity index (χ1) is 6.56. The first-order valence-corrected chi connectivity index (χ1v) is 5.00. The van der Waals surface area contributed by atoms with Crippen LogP contribution < -0.4 is 0 Å². The van der Waals surface area contributed by atoms with Gasteiger partial charge in [0.05, 0.1) is 12.2 Å². The van der Waals surface area contributed by atoms with Crippen molar-refractivity contribution in [2.45, 2.75) is 44.2 Å². The maximum atomic E-state index is 9.43.